The third kappa shape index (κ3) is 4.83. The van der Waals surface area contributed by atoms with Crippen LogP contribution in [-0.4, -0.2) is 24.1 Å². The summed E-state index contributed by atoms with van der Waals surface area (Å²) in [5, 5.41) is 13.2. The van der Waals surface area contributed by atoms with Gasteiger partial charge in [0.2, 0.25) is 5.91 Å². The van der Waals surface area contributed by atoms with Crippen LogP contribution in [0.5, 0.6) is 0 Å². The van der Waals surface area contributed by atoms with E-state index in [2.05, 4.69) is 16.3 Å². The number of carbonyl (C=O) groups is 1. The van der Waals surface area contributed by atoms with E-state index in [0.29, 0.717) is 0 Å². The average molecular weight is 338 g/mol. The zero-order chi connectivity index (χ0) is 17.5. The van der Waals surface area contributed by atoms with E-state index in [1.165, 1.54) is 25.7 Å². The molecule has 1 heterocycles. The van der Waals surface area contributed by atoms with Crippen LogP contribution in [0, 0.1) is 0 Å². The Kier molecular flexibility index (Phi) is 6.07. The molecule has 0 bridgehead atoms. The zero-order valence-corrected chi connectivity index (χ0v) is 14.5. The number of para-hydroxylation sites is 2. The van der Waals surface area contributed by atoms with Crippen molar-refractivity contribution in [3.63, 3.8) is 0 Å². The Labute approximate surface area is 149 Å². The van der Waals surface area contributed by atoms with Crippen molar-refractivity contribution in [2.24, 2.45) is 0 Å². The Morgan fingerprint density at radius 2 is 1.60 bits per heavy atom. The third-order valence-electron chi connectivity index (χ3n) is 4.69. The summed E-state index contributed by atoms with van der Waals surface area (Å²) in [6.45, 7) is 2.05. The molecule has 0 aromatic heterocycles. The number of aliphatic hydroxyl groups is 1. The maximum Gasteiger partial charge on any atom is 0.227 e. The van der Waals surface area contributed by atoms with Crippen LogP contribution in [0.25, 0.3) is 0 Å². The first-order valence-corrected chi connectivity index (χ1v) is 9.11. The fourth-order valence-corrected chi connectivity index (χ4v) is 3.34. The zero-order valence-electron chi connectivity index (χ0n) is 14.5. The van der Waals surface area contributed by atoms with Gasteiger partial charge >= 0.3 is 0 Å². The smallest absolute Gasteiger partial charge is 0.227 e. The lowest BCUT2D eigenvalue weighted by molar-refractivity contribution is -0.118. The minimum atomic E-state index is -0.786. The monoisotopic (exact) mass is 338 g/mol. The topological polar surface area (TPSA) is 52.6 Å². The van der Waals surface area contributed by atoms with Crippen molar-refractivity contribution in [3.05, 3.63) is 60.2 Å². The van der Waals surface area contributed by atoms with E-state index in [0.717, 1.165) is 30.0 Å². The Morgan fingerprint density at radius 3 is 2.32 bits per heavy atom. The van der Waals surface area contributed by atoms with E-state index in [1.807, 2.05) is 48.5 Å². The fraction of sp³-hybridized carbons (Fsp3) is 0.381. The number of benzene rings is 2. The Balaban J connectivity index is 1.67. The molecule has 2 aromatic carbocycles. The van der Waals surface area contributed by atoms with E-state index in [1.54, 1.807) is 0 Å². The first-order valence-electron chi connectivity index (χ1n) is 9.11. The van der Waals surface area contributed by atoms with Crippen molar-refractivity contribution >= 4 is 17.3 Å². The van der Waals surface area contributed by atoms with Crippen molar-refractivity contribution in [3.8, 4) is 0 Å². The van der Waals surface area contributed by atoms with Crippen molar-refractivity contribution in [1.29, 1.82) is 0 Å². The van der Waals surface area contributed by atoms with Gasteiger partial charge < -0.3 is 15.3 Å². The largest absolute Gasteiger partial charge is 0.388 e. The first kappa shape index (κ1) is 17.5. The second-order valence-corrected chi connectivity index (χ2v) is 6.60. The molecule has 1 unspecified atom stereocenters. The number of amides is 1. The third-order valence-corrected chi connectivity index (χ3v) is 4.69. The maximum absolute atomic E-state index is 12.4. The molecule has 1 atom stereocenters. The number of carbonyl (C=O) groups excluding carboxylic acids is 1. The number of rotatable bonds is 5. The van der Waals surface area contributed by atoms with Gasteiger partial charge in [-0.3, -0.25) is 4.79 Å². The molecular formula is C21H26N2O2. The molecule has 1 aliphatic rings. The first-order chi connectivity index (χ1) is 12.2. The predicted molar refractivity (Wildman–Crippen MR) is 102 cm³/mol. The second-order valence-electron chi connectivity index (χ2n) is 6.60. The number of hydrogen-bond acceptors (Lipinski definition) is 3. The minimum Gasteiger partial charge on any atom is -0.388 e. The van der Waals surface area contributed by atoms with Crippen LogP contribution in [0.3, 0.4) is 0 Å². The second kappa shape index (κ2) is 8.67. The summed E-state index contributed by atoms with van der Waals surface area (Å²) in [6, 6.07) is 17.2. The van der Waals surface area contributed by atoms with Gasteiger partial charge in [0.05, 0.1) is 23.9 Å². The van der Waals surface area contributed by atoms with E-state index >= 15 is 0 Å². The van der Waals surface area contributed by atoms with E-state index in [4.69, 9.17) is 0 Å². The standard InChI is InChI=1S/C21H26N2O2/c24-20(17-10-4-3-5-11-17)16-21(25)22-18-12-6-7-13-19(18)23-14-8-1-2-9-15-23/h3-7,10-13,20,24H,1-2,8-9,14-16H2,(H,22,25). The van der Waals surface area contributed by atoms with E-state index in [-0.39, 0.29) is 12.3 Å². The van der Waals surface area contributed by atoms with Crippen LogP contribution < -0.4 is 10.2 Å². The molecule has 25 heavy (non-hydrogen) atoms. The number of aliphatic hydroxyl groups excluding tert-OH is 1. The highest BCUT2D eigenvalue weighted by Crippen LogP contribution is 2.28. The highest BCUT2D eigenvalue weighted by Gasteiger charge is 2.17. The molecule has 1 aliphatic heterocycles. The van der Waals surface area contributed by atoms with Gasteiger partial charge in [-0.15, -0.1) is 0 Å². The van der Waals surface area contributed by atoms with Crippen molar-refractivity contribution in [2.45, 2.75) is 38.2 Å². The predicted octanol–water partition coefficient (Wildman–Crippen LogP) is 4.13. The molecule has 3 rings (SSSR count). The van der Waals surface area contributed by atoms with Crippen LogP contribution in [-0.2, 0) is 4.79 Å². The summed E-state index contributed by atoms with van der Waals surface area (Å²) in [6.07, 6.45) is 4.19. The van der Waals surface area contributed by atoms with Gasteiger partial charge in [0.15, 0.2) is 0 Å². The summed E-state index contributed by atoms with van der Waals surface area (Å²) >= 11 is 0. The van der Waals surface area contributed by atoms with Crippen LogP contribution >= 0.6 is 0 Å². The number of nitrogens with zero attached hydrogens (tertiary/aromatic N) is 1. The Bertz CT molecular complexity index is 679. The lowest BCUT2D eigenvalue weighted by Gasteiger charge is -2.25. The molecule has 4 heteroatoms. The van der Waals surface area contributed by atoms with Gasteiger partial charge in [0.25, 0.3) is 0 Å². The molecule has 0 saturated carbocycles. The fourth-order valence-electron chi connectivity index (χ4n) is 3.34. The molecule has 1 amide bonds. The molecule has 4 nitrogen and oxygen atoms in total. The molecule has 132 valence electrons. The van der Waals surface area contributed by atoms with Crippen molar-refractivity contribution in [1.82, 2.24) is 0 Å². The van der Waals surface area contributed by atoms with Gasteiger partial charge in [-0.25, -0.2) is 0 Å². The lowest BCUT2D eigenvalue weighted by Crippen LogP contribution is -2.26. The summed E-state index contributed by atoms with van der Waals surface area (Å²) in [5.41, 5.74) is 2.67. The number of hydrogen-bond donors (Lipinski definition) is 2. The molecular weight excluding hydrogens is 312 g/mol. The molecule has 0 radical (unpaired) electrons. The Hall–Kier alpha value is -2.33. The number of nitrogens with one attached hydrogen (secondary N) is 1. The van der Waals surface area contributed by atoms with Crippen LogP contribution in [0.2, 0.25) is 0 Å². The van der Waals surface area contributed by atoms with Gasteiger partial charge in [-0.2, -0.15) is 0 Å². The molecule has 2 aromatic rings. The van der Waals surface area contributed by atoms with Crippen LogP contribution in [0.1, 0.15) is 43.8 Å². The number of anilines is 2. The van der Waals surface area contributed by atoms with Gasteiger partial charge in [0.1, 0.15) is 0 Å². The van der Waals surface area contributed by atoms with Crippen LogP contribution in [0.15, 0.2) is 54.6 Å². The summed E-state index contributed by atoms with van der Waals surface area (Å²) in [5.74, 6) is -0.168. The van der Waals surface area contributed by atoms with Crippen molar-refractivity contribution in [2.75, 3.05) is 23.3 Å². The van der Waals surface area contributed by atoms with Gasteiger partial charge in [0, 0.05) is 13.1 Å². The van der Waals surface area contributed by atoms with E-state index in [9.17, 15) is 9.90 Å². The highest BCUT2D eigenvalue weighted by molar-refractivity contribution is 5.94. The lowest BCUT2D eigenvalue weighted by atomic mass is 10.1. The van der Waals surface area contributed by atoms with Crippen molar-refractivity contribution < 1.29 is 9.90 Å². The molecule has 0 spiro atoms. The Morgan fingerprint density at radius 1 is 0.960 bits per heavy atom. The van der Waals surface area contributed by atoms with Gasteiger partial charge in [-0.1, -0.05) is 55.3 Å². The molecule has 1 fully saturated rings. The van der Waals surface area contributed by atoms with E-state index < -0.39 is 6.10 Å². The van der Waals surface area contributed by atoms with Crippen LogP contribution in [0.4, 0.5) is 11.4 Å². The van der Waals surface area contributed by atoms with Gasteiger partial charge in [-0.05, 0) is 30.5 Å². The summed E-state index contributed by atoms with van der Waals surface area (Å²) < 4.78 is 0. The normalized spacial score (nSPS) is 16.1. The molecule has 0 aliphatic carbocycles. The quantitative estimate of drug-likeness (QED) is 0.862. The maximum atomic E-state index is 12.4. The highest BCUT2D eigenvalue weighted by atomic mass is 16.3. The molecule has 2 N–H and O–H groups in total. The molecule has 1 saturated heterocycles. The minimum absolute atomic E-state index is 0.0539. The summed E-state index contributed by atoms with van der Waals surface area (Å²) in [4.78, 5) is 14.8. The summed E-state index contributed by atoms with van der Waals surface area (Å²) in [7, 11) is 0. The average Bonchev–Trinajstić information content (AvgIpc) is 2.92. The SMILES string of the molecule is O=C(CC(O)c1ccccc1)Nc1ccccc1N1CCCCCC1.